The summed E-state index contributed by atoms with van der Waals surface area (Å²) in [7, 11) is 1.64. The van der Waals surface area contributed by atoms with E-state index in [0.717, 1.165) is 41.4 Å². The Hall–Kier alpha value is -2.24. The zero-order valence-corrected chi connectivity index (χ0v) is 11.9. The van der Waals surface area contributed by atoms with Crippen molar-refractivity contribution in [1.82, 2.24) is 19.9 Å². The minimum Gasteiger partial charge on any atom is -0.481 e. The van der Waals surface area contributed by atoms with Gasteiger partial charge >= 0.3 is 0 Å². The number of nitrogens with zero attached hydrogens (tertiary/aromatic N) is 5. The molecule has 0 N–H and O–H groups in total. The van der Waals surface area contributed by atoms with Gasteiger partial charge in [-0.3, -0.25) is 4.98 Å². The lowest BCUT2D eigenvalue weighted by molar-refractivity contribution is 0.387. The molecule has 0 fully saturated rings. The summed E-state index contributed by atoms with van der Waals surface area (Å²) >= 11 is 0. The van der Waals surface area contributed by atoms with E-state index in [1.807, 2.05) is 13.8 Å². The lowest BCUT2D eigenvalue weighted by Gasteiger charge is -2.30. The van der Waals surface area contributed by atoms with Crippen LogP contribution in [0.2, 0.25) is 0 Å². The van der Waals surface area contributed by atoms with E-state index in [4.69, 9.17) is 4.74 Å². The van der Waals surface area contributed by atoms with Crippen molar-refractivity contribution < 1.29 is 4.74 Å². The van der Waals surface area contributed by atoms with Crippen LogP contribution in [-0.4, -0.2) is 33.6 Å². The summed E-state index contributed by atoms with van der Waals surface area (Å²) in [5.41, 5.74) is 3.97. The summed E-state index contributed by atoms with van der Waals surface area (Å²) in [6.45, 7) is 5.53. The Labute approximate surface area is 117 Å². The van der Waals surface area contributed by atoms with Gasteiger partial charge in [0.15, 0.2) is 5.82 Å². The lowest BCUT2D eigenvalue weighted by atomic mass is 10.1. The molecule has 0 saturated carbocycles. The van der Waals surface area contributed by atoms with Crippen LogP contribution in [-0.2, 0) is 13.0 Å². The molecular formula is C14H17N5O. The Morgan fingerprint density at radius 2 is 2.05 bits per heavy atom. The first-order valence-corrected chi connectivity index (χ1v) is 6.61. The fraction of sp³-hybridized carbons (Fsp3) is 0.429. The van der Waals surface area contributed by atoms with E-state index in [9.17, 15) is 0 Å². The van der Waals surface area contributed by atoms with Crippen LogP contribution in [0.3, 0.4) is 0 Å². The van der Waals surface area contributed by atoms with Crippen LogP contribution in [0.5, 0.6) is 5.88 Å². The maximum atomic E-state index is 5.34. The SMILES string of the molecule is COc1ncnc2c1CN(c1nc(C)cnc1C)CC2. The minimum atomic E-state index is 0.651. The molecule has 0 amide bonds. The fourth-order valence-electron chi connectivity index (χ4n) is 2.50. The molecule has 20 heavy (non-hydrogen) atoms. The molecule has 2 aromatic heterocycles. The van der Waals surface area contributed by atoms with Gasteiger partial charge in [0.25, 0.3) is 0 Å². The maximum absolute atomic E-state index is 5.34. The van der Waals surface area contributed by atoms with Gasteiger partial charge in [-0.1, -0.05) is 0 Å². The molecule has 3 heterocycles. The standard InChI is InChI=1S/C14H17N5O/c1-9-6-15-10(2)13(18-9)19-5-4-12-11(7-19)14(20-3)17-8-16-12/h6,8H,4-5,7H2,1-3H3. The molecule has 0 saturated heterocycles. The Balaban J connectivity index is 1.97. The number of fused-ring (bicyclic) bond motifs is 1. The lowest BCUT2D eigenvalue weighted by Crippen LogP contribution is -2.33. The van der Waals surface area contributed by atoms with Crippen LogP contribution in [0.4, 0.5) is 5.82 Å². The largest absolute Gasteiger partial charge is 0.481 e. The van der Waals surface area contributed by atoms with E-state index >= 15 is 0 Å². The Morgan fingerprint density at radius 3 is 2.85 bits per heavy atom. The van der Waals surface area contributed by atoms with Crippen molar-refractivity contribution in [3.8, 4) is 5.88 Å². The first kappa shape index (κ1) is 12.8. The molecule has 6 nitrogen and oxygen atoms in total. The van der Waals surface area contributed by atoms with Crippen molar-refractivity contribution in [3.05, 3.63) is 35.2 Å². The van der Waals surface area contributed by atoms with Crippen LogP contribution < -0.4 is 9.64 Å². The molecule has 0 radical (unpaired) electrons. The predicted octanol–water partition coefficient (Wildman–Crippen LogP) is 1.45. The van der Waals surface area contributed by atoms with E-state index in [1.54, 1.807) is 19.6 Å². The molecule has 1 aliphatic rings. The van der Waals surface area contributed by atoms with Crippen molar-refractivity contribution >= 4 is 5.82 Å². The van der Waals surface area contributed by atoms with Gasteiger partial charge in [-0.05, 0) is 13.8 Å². The summed E-state index contributed by atoms with van der Waals surface area (Å²) in [6.07, 6.45) is 4.22. The second-order valence-electron chi connectivity index (χ2n) is 4.90. The van der Waals surface area contributed by atoms with Crippen molar-refractivity contribution in [2.75, 3.05) is 18.6 Å². The summed E-state index contributed by atoms with van der Waals surface area (Å²) < 4.78 is 5.34. The monoisotopic (exact) mass is 271 g/mol. The number of ether oxygens (including phenoxy) is 1. The van der Waals surface area contributed by atoms with E-state index in [0.29, 0.717) is 12.4 Å². The zero-order chi connectivity index (χ0) is 14.1. The van der Waals surface area contributed by atoms with Gasteiger partial charge in [0.2, 0.25) is 5.88 Å². The summed E-state index contributed by atoms with van der Waals surface area (Å²) in [4.78, 5) is 19.7. The van der Waals surface area contributed by atoms with Crippen molar-refractivity contribution in [2.45, 2.75) is 26.8 Å². The number of methoxy groups -OCH3 is 1. The Bertz CT molecular complexity index is 629. The number of rotatable bonds is 2. The van der Waals surface area contributed by atoms with Crippen LogP contribution in [0.15, 0.2) is 12.5 Å². The molecule has 1 aliphatic heterocycles. The highest BCUT2D eigenvalue weighted by Gasteiger charge is 2.23. The van der Waals surface area contributed by atoms with Gasteiger partial charge in [-0.15, -0.1) is 0 Å². The third-order valence-corrected chi connectivity index (χ3v) is 3.51. The average Bonchev–Trinajstić information content (AvgIpc) is 2.48. The molecule has 104 valence electrons. The molecular weight excluding hydrogens is 254 g/mol. The predicted molar refractivity (Wildman–Crippen MR) is 74.8 cm³/mol. The van der Waals surface area contributed by atoms with E-state index in [2.05, 4.69) is 24.8 Å². The number of aryl methyl sites for hydroxylation is 2. The first-order chi connectivity index (χ1) is 9.69. The van der Waals surface area contributed by atoms with Crippen molar-refractivity contribution in [2.24, 2.45) is 0 Å². The third kappa shape index (κ3) is 2.17. The maximum Gasteiger partial charge on any atom is 0.221 e. The number of aromatic nitrogens is 4. The summed E-state index contributed by atoms with van der Waals surface area (Å²) in [5, 5.41) is 0. The van der Waals surface area contributed by atoms with E-state index in [-0.39, 0.29) is 0 Å². The van der Waals surface area contributed by atoms with Gasteiger partial charge in [-0.2, -0.15) is 0 Å². The molecule has 2 aromatic rings. The Morgan fingerprint density at radius 1 is 1.20 bits per heavy atom. The molecule has 0 atom stereocenters. The molecule has 6 heteroatoms. The van der Waals surface area contributed by atoms with Gasteiger partial charge < -0.3 is 9.64 Å². The second kappa shape index (κ2) is 5.03. The molecule has 0 bridgehead atoms. The van der Waals surface area contributed by atoms with Gasteiger partial charge in [0, 0.05) is 19.2 Å². The second-order valence-corrected chi connectivity index (χ2v) is 4.90. The van der Waals surface area contributed by atoms with Crippen LogP contribution in [0, 0.1) is 13.8 Å². The van der Waals surface area contributed by atoms with E-state index < -0.39 is 0 Å². The smallest absolute Gasteiger partial charge is 0.221 e. The van der Waals surface area contributed by atoms with Crippen molar-refractivity contribution in [3.63, 3.8) is 0 Å². The average molecular weight is 271 g/mol. The Kier molecular flexibility index (Phi) is 3.22. The third-order valence-electron chi connectivity index (χ3n) is 3.51. The first-order valence-electron chi connectivity index (χ1n) is 6.61. The molecule has 3 rings (SSSR count). The van der Waals surface area contributed by atoms with Crippen LogP contribution in [0.1, 0.15) is 22.6 Å². The highest BCUT2D eigenvalue weighted by Crippen LogP contribution is 2.28. The molecule has 0 spiro atoms. The minimum absolute atomic E-state index is 0.651. The summed E-state index contributed by atoms with van der Waals surface area (Å²) in [5.74, 6) is 1.58. The van der Waals surface area contributed by atoms with Gasteiger partial charge in [0.1, 0.15) is 6.33 Å². The highest BCUT2D eigenvalue weighted by molar-refractivity contribution is 5.48. The quantitative estimate of drug-likeness (QED) is 0.824. The molecule has 0 unspecified atom stereocenters. The number of anilines is 1. The fourth-order valence-corrected chi connectivity index (χ4v) is 2.50. The molecule has 0 aliphatic carbocycles. The normalized spacial score (nSPS) is 14.1. The van der Waals surface area contributed by atoms with Gasteiger partial charge in [-0.25, -0.2) is 15.0 Å². The van der Waals surface area contributed by atoms with Crippen molar-refractivity contribution in [1.29, 1.82) is 0 Å². The van der Waals surface area contributed by atoms with Gasteiger partial charge in [0.05, 0.1) is 36.3 Å². The zero-order valence-electron chi connectivity index (χ0n) is 11.9. The number of hydrogen-bond donors (Lipinski definition) is 0. The topological polar surface area (TPSA) is 64.0 Å². The van der Waals surface area contributed by atoms with Crippen LogP contribution >= 0.6 is 0 Å². The van der Waals surface area contributed by atoms with Crippen LogP contribution in [0.25, 0.3) is 0 Å². The highest BCUT2D eigenvalue weighted by atomic mass is 16.5. The summed E-state index contributed by atoms with van der Waals surface area (Å²) in [6, 6.07) is 0. The number of hydrogen-bond acceptors (Lipinski definition) is 6. The van der Waals surface area contributed by atoms with E-state index in [1.165, 1.54) is 0 Å². The molecule has 0 aromatic carbocycles.